The van der Waals surface area contributed by atoms with Gasteiger partial charge in [-0.05, 0) is 23.8 Å². The van der Waals surface area contributed by atoms with E-state index in [-0.39, 0.29) is 21.9 Å². The smallest absolute Gasteiger partial charge is 0.200 e. The molecule has 21 heavy (non-hydrogen) atoms. The van der Waals surface area contributed by atoms with Crippen LogP contribution in [-0.4, -0.2) is 19.9 Å². The molecule has 104 valence electrons. The van der Waals surface area contributed by atoms with Gasteiger partial charge in [0.15, 0.2) is 5.82 Å². The Morgan fingerprint density at radius 3 is 1.95 bits per heavy atom. The molecule has 0 aliphatic carbocycles. The molecule has 0 aliphatic heterocycles. The summed E-state index contributed by atoms with van der Waals surface area (Å²) in [4.78, 5) is 16.4. The van der Waals surface area contributed by atoms with Gasteiger partial charge >= 0.3 is 0 Å². The molecular formula is C14H7Cl2FN4. The van der Waals surface area contributed by atoms with Crippen LogP contribution in [-0.2, 0) is 0 Å². The minimum atomic E-state index is -0.346. The van der Waals surface area contributed by atoms with Crippen molar-refractivity contribution in [3.05, 3.63) is 58.8 Å². The molecule has 2 aromatic heterocycles. The third kappa shape index (κ3) is 2.84. The molecule has 0 spiro atoms. The summed E-state index contributed by atoms with van der Waals surface area (Å²) in [6, 6.07) is 7.43. The van der Waals surface area contributed by atoms with Gasteiger partial charge in [-0.15, -0.1) is 0 Å². The topological polar surface area (TPSA) is 51.6 Å². The van der Waals surface area contributed by atoms with Gasteiger partial charge in [-0.2, -0.15) is 0 Å². The van der Waals surface area contributed by atoms with Crippen LogP contribution < -0.4 is 0 Å². The van der Waals surface area contributed by atoms with E-state index in [9.17, 15) is 4.39 Å². The third-order valence-corrected chi connectivity index (χ3v) is 3.27. The van der Waals surface area contributed by atoms with Gasteiger partial charge in [-0.25, -0.2) is 24.3 Å². The summed E-state index contributed by atoms with van der Waals surface area (Å²) >= 11 is 12.3. The number of halogens is 3. The first kappa shape index (κ1) is 13.9. The zero-order valence-corrected chi connectivity index (χ0v) is 12.0. The first-order valence-electron chi connectivity index (χ1n) is 5.91. The van der Waals surface area contributed by atoms with Crippen molar-refractivity contribution in [1.29, 1.82) is 0 Å². The van der Waals surface area contributed by atoms with Crippen molar-refractivity contribution in [2.45, 2.75) is 0 Å². The van der Waals surface area contributed by atoms with Crippen molar-refractivity contribution in [2.75, 3.05) is 0 Å². The highest BCUT2D eigenvalue weighted by molar-refractivity contribution is 6.37. The van der Waals surface area contributed by atoms with Crippen LogP contribution in [0.3, 0.4) is 0 Å². The molecule has 0 saturated carbocycles. The van der Waals surface area contributed by atoms with E-state index < -0.39 is 0 Å². The predicted octanol–water partition coefficient (Wildman–Crippen LogP) is 4.05. The number of hydrogen-bond donors (Lipinski definition) is 0. The average molecular weight is 321 g/mol. The Bertz CT molecular complexity index is 756. The van der Waals surface area contributed by atoms with E-state index in [4.69, 9.17) is 23.2 Å². The van der Waals surface area contributed by atoms with Crippen LogP contribution in [0.15, 0.2) is 42.7 Å². The molecule has 3 aromatic rings. The molecule has 0 unspecified atom stereocenters. The highest BCUT2D eigenvalue weighted by atomic mass is 35.5. The third-order valence-electron chi connectivity index (χ3n) is 2.72. The molecular weight excluding hydrogens is 314 g/mol. The van der Waals surface area contributed by atoms with Crippen LogP contribution in [0.2, 0.25) is 10.3 Å². The number of aromatic nitrogens is 4. The van der Waals surface area contributed by atoms with Gasteiger partial charge in [0, 0.05) is 12.4 Å². The number of nitrogens with zero attached hydrogens (tertiary/aromatic N) is 4. The Balaban J connectivity index is 2.11. The zero-order chi connectivity index (χ0) is 14.8. The van der Waals surface area contributed by atoms with Gasteiger partial charge in [0.1, 0.15) is 16.1 Å². The van der Waals surface area contributed by atoms with Crippen molar-refractivity contribution < 1.29 is 4.39 Å². The van der Waals surface area contributed by atoms with E-state index in [0.717, 1.165) is 0 Å². The summed E-state index contributed by atoms with van der Waals surface area (Å²) in [6.07, 6.45) is 3.14. The molecule has 7 heteroatoms. The highest BCUT2D eigenvalue weighted by Gasteiger charge is 2.15. The SMILES string of the molecule is Fc1ccc(-c2c(Cl)nc(-c3ncccn3)nc2Cl)cc1. The molecule has 0 bridgehead atoms. The average Bonchev–Trinajstić information content (AvgIpc) is 2.49. The van der Waals surface area contributed by atoms with Crippen molar-refractivity contribution in [2.24, 2.45) is 0 Å². The second kappa shape index (κ2) is 5.71. The van der Waals surface area contributed by atoms with Crippen LogP contribution in [0.5, 0.6) is 0 Å². The summed E-state index contributed by atoms with van der Waals surface area (Å²) in [5, 5.41) is 0.313. The minimum Gasteiger partial charge on any atom is -0.234 e. The molecule has 0 saturated heterocycles. The van der Waals surface area contributed by atoms with E-state index in [1.807, 2.05) is 0 Å². The molecule has 4 nitrogen and oxygen atoms in total. The fourth-order valence-electron chi connectivity index (χ4n) is 1.78. The molecule has 3 rings (SSSR count). The van der Waals surface area contributed by atoms with Gasteiger partial charge in [-0.1, -0.05) is 35.3 Å². The lowest BCUT2D eigenvalue weighted by molar-refractivity contribution is 0.628. The van der Waals surface area contributed by atoms with Crippen molar-refractivity contribution in [1.82, 2.24) is 19.9 Å². The number of hydrogen-bond acceptors (Lipinski definition) is 4. The fraction of sp³-hybridized carbons (Fsp3) is 0. The van der Waals surface area contributed by atoms with Crippen molar-refractivity contribution >= 4 is 23.2 Å². The maximum absolute atomic E-state index is 13.0. The van der Waals surface area contributed by atoms with Crippen LogP contribution in [0.25, 0.3) is 22.8 Å². The van der Waals surface area contributed by atoms with Crippen molar-refractivity contribution in [3.63, 3.8) is 0 Å². The summed E-state index contributed by atoms with van der Waals surface area (Å²) in [5.41, 5.74) is 1.07. The van der Waals surface area contributed by atoms with Gasteiger partial charge in [-0.3, -0.25) is 0 Å². The Morgan fingerprint density at radius 2 is 1.38 bits per heavy atom. The molecule has 2 heterocycles. The van der Waals surface area contributed by atoms with E-state index in [1.165, 1.54) is 12.1 Å². The standard InChI is InChI=1S/C14H7Cl2FN4/c15-11-10(8-2-4-9(17)5-3-8)12(16)21-14(20-11)13-18-6-1-7-19-13/h1-7H. The first-order chi connectivity index (χ1) is 10.1. The molecule has 0 N–H and O–H groups in total. The largest absolute Gasteiger partial charge is 0.234 e. The Labute approximate surface area is 129 Å². The number of benzene rings is 1. The van der Waals surface area contributed by atoms with Gasteiger partial charge < -0.3 is 0 Å². The molecule has 0 atom stereocenters. The Hall–Kier alpha value is -2.11. The summed E-state index contributed by atoms with van der Waals surface area (Å²) in [5.74, 6) is 0.213. The van der Waals surface area contributed by atoms with Crippen LogP contribution in [0, 0.1) is 5.82 Å². The molecule has 0 radical (unpaired) electrons. The normalized spacial score (nSPS) is 10.6. The molecule has 0 fully saturated rings. The van der Waals surface area contributed by atoms with E-state index in [1.54, 1.807) is 30.6 Å². The minimum absolute atomic E-state index is 0.157. The van der Waals surface area contributed by atoms with E-state index >= 15 is 0 Å². The lowest BCUT2D eigenvalue weighted by Crippen LogP contribution is -1.97. The zero-order valence-electron chi connectivity index (χ0n) is 10.5. The van der Waals surface area contributed by atoms with Crippen LogP contribution in [0.1, 0.15) is 0 Å². The Morgan fingerprint density at radius 1 is 0.810 bits per heavy atom. The maximum atomic E-state index is 13.0. The fourth-order valence-corrected chi connectivity index (χ4v) is 2.38. The lowest BCUT2D eigenvalue weighted by atomic mass is 10.1. The molecule has 0 amide bonds. The highest BCUT2D eigenvalue weighted by Crippen LogP contribution is 2.33. The van der Waals surface area contributed by atoms with Crippen LogP contribution >= 0.6 is 23.2 Å². The van der Waals surface area contributed by atoms with Crippen molar-refractivity contribution in [3.8, 4) is 22.8 Å². The maximum Gasteiger partial charge on any atom is 0.200 e. The second-order valence-electron chi connectivity index (χ2n) is 4.08. The summed E-state index contributed by atoms with van der Waals surface area (Å²) in [6.45, 7) is 0. The van der Waals surface area contributed by atoms with Gasteiger partial charge in [0.05, 0.1) is 5.56 Å². The van der Waals surface area contributed by atoms with Crippen LogP contribution in [0.4, 0.5) is 4.39 Å². The molecule has 1 aromatic carbocycles. The van der Waals surface area contributed by atoms with E-state index in [2.05, 4.69) is 19.9 Å². The molecule has 0 aliphatic rings. The van der Waals surface area contributed by atoms with E-state index in [0.29, 0.717) is 17.0 Å². The first-order valence-corrected chi connectivity index (χ1v) is 6.67. The quantitative estimate of drug-likeness (QED) is 0.668. The Kier molecular flexibility index (Phi) is 3.77. The summed E-state index contributed by atoms with van der Waals surface area (Å²) < 4.78 is 13.0. The number of rotatable bonds is 2. The monoisotopic (exact) mass is 320 g/mol. The van der Waals surface area contributed by atoms with Gasteiger partial charge in [0.25, 0.3) is 0 Å². The predicted molar refractivity (Wildman–Crippen MR) is 78.5 cm³/mol. The van der Waals surface area contributed by atoms with Gasteiger partial charge in [0.2, 0.25) is 5.82 Å². The summed E-state index contributed by atoms with van der Waals surface area (Å²) in [7, 11) is 0. The second-order valence-corrected chi connectivity index (χ2v) is 4.80. The lowest BCUT2D eigenvalue weighted by Gasteiger charge is -2.07.